The number of carbonyl (C=O) groups excluding carboxylic acids is 1. The molecule has 0 saturated heterocycles. The van der Waals surface area contributed by atoms with Crippen molar-refractivity contribution in [2.75, 3.05) is 6.54 Å². The Morgan fingerprint density at radius 1 is 0.744 bits per heavy atom. The molecule has 0 aliphatic rings. The molecule has 1 N–H and O–H groups in total. The van der Waals surface area contributed by atoms with E-state index in [2.05, 4.69) is 46.4 Å². The number of para-hydroxylation sites is 2. The van der Waals surface area contributed by atoms with Gasteiger partial charge >= 0.3 is 0 Å². The van der Waals surface area contributed by atoms with Crippen LogP contribution in [-0.4, -0.2) is 17.0 Å². The van der Waals surface area contributed by atoms with E-state index in [9.17, 15) is 9.18 Å². The highest BCUT2D eigenvalue weighted by Gasteiger charge is 2.23. The molecule has 0 bridgehead atoms. The Hall–Kier alpha value is -5.16. The minimum atomic E-state index is -0.252. The molecule has 0 spiro atoms. The van der Waals surface area contributed by atoms with E-state index in [0.717, 1.165) is 39.8 Å². The van der Waals surface area contributed by atoms with Gasteiger partial charge in [0.2, 0.25) is 5.91 Å². The molecule has 5 heteroatoms. The van der Waals surface area contributed by atoms with Gasteiger partial charge < -0.3 is 14.6 Å². The third kappa shape index (κ3) is 7.02. The maximum Gasteiger partial charge on any atom is 0.220 e. The highest BCUT2D eigenvalue weighted by atomic mass is 19.1. The largest absolute Gasteiger partial charge is 0.457 e. The van der Waals surface area contributed by atoms with Crippen LogP contribution in [0.25, 0.3) is 10.9 Å². The predicted molar refractivity (Wildman–Crippen MR) is 170 cm³/mol. The van der Waals surface area contributed by atoms with Crippen molar-refractivity contribution < 1.29 is 13.9 Å². The van der Waals surface area contributed by atoms with Gasteiger partial charge in [-0.1, -0.05) is 91.0 Å². The summed E-state index contributed by atoms with van der Waals surface area (Å²) in [6.07, 6.45) is 3.20. The molecule has 1 amide bonds. The molecular weight excluding hydrogens is 535 g/mol. The number of hydrogen-bond donors (Lipinski definition) is 1. The maximum absolute atomic E-state index is 13.6. The zero-order valence-corrected chi connectivity index (χ0v) is 23.8. The average molecular weight is 569 g/mol. The number of rotatable bonds is 11. The van der Waals surface area contributed by atoms with Crippen molar-refractivity contribution in [3.05, 3.63) is 168 Å². The van der Waals surface area contributed by atoms with Crippen molar-refractivity contribution in [1.82, 2.24) is 9.88 Å². The number of benzene rings is 5. The third-order valence-electron chi connectivity index (χ3n) is 7.67. The second-order valence-corrected chi connectivity index (χ2v) is 10.7. The second kappa shape index (κ2) is 13.2. The van der Waals surface area contributed by atoms with E-state index in [4.69, 9.17) is 4.74 Å². The molecule has 0 saturated carbocycles. The van der Waals surface area contributed by atoms with Crippen LogP contribution in [0.3, 0.4) is 0 Å². The molecule has 1 atom stereocenters. The summed E-state index contributed by atoms with van der Waals surface area (Å²) in [6.45, 7) is 1.16. The molecule has 0 radical (unpaired) electrons. The lowest BCUT2D eigenvalue weighted by molar-refractivity contribution is -0.121. The van der Waals surface area contributed by atoms with Gasteiger partial charge in [-0.2, -0.15) is 0 Å². The highest BCUT2D eigenvalue weighted by Crippen LogP contribution is 2.37. The molecule has 4 nitrogen and oxygen atoms in total. The topological polar surface area (TPSA) is 43.3 Å². The van der Waals surface area contributed by atoms with E-state index in [1.54, 1.807) is 0 Å². The van der Waals surface area contributed by atoms with E-state index < -0.39 is 0 Å². The molecule has 1 aromatic heterocycles. The summed E-state index contributed by atoms with van der Waals surface area (Å²) in [7, 11) is 0. The lowest BCUT2D eigenvalue weighted by Gasteiger charge is -2.18. The van der Waals surface area contributed by atoms with Gasteiger partial charge in [-0.05, 0) is 71.1 Å². The number of halogens is 1. The normalized spacial score (nSPS) is 11.7. The van der Waals surface area contributed by atoms with Crippen LogP contribution < -0.4 is 10.1 Å². The minimum Gasteiger partial charge on any atom is -0.457 e. The van der Waals surface area contributed by atoms with E-state index in [1.165, 1.54) is 17.7 Å². The van der Waals surface area contributed by atoms with E-state index in [-0.39, 0.29) is 24.1 Å². The van der Waals surface area contributed by atoms with Crippen molar-refractivity contribution in [3.8, 4) is 11.5 Å². The van der Waals surface area contributed by atoms with Gasteiger partial charge in [0.15, 0.2) is 0 Å². The predicted octanol–water partition coefficient (Wildman–Crippen LogP) is 8.50. The lowest BCUT2D eigenvalue weighted by Crippen LogP contribution is -2.27. The quantitative estimate of drug-likeness (QED) is 0.170. The minimum absolute atomic E-state index is 0.00863. The first-order valence-corrected chi connectivity index (χ1v) is 14.6. The molecule has 1 unspecified atom stereocenters. The molecule has 214 valence electrons. The van der Waals surface area contributed by atoms with Crippen LogP contribution in [0.4, 0.5) is 4.39 Å². The summed E-state index contributed by atoms with van der Waals surface area (Å²) >= 11 is 0. The number of fused-ring (bicyclic) bond motifs is 1. The number of aromatic nitrogens is 1. The Morgan fingerprint density at radius 2 is 1.44 bits per heavy atom. The van der Waals surface area contributed by atoms with Crippen molar-refractivity contribution >= 4 is 16.8 Å². The van der Waals surface area contributed by atoms with Crippen molar-refractivity contribution in [3.63, 3.8) is 0 Å². The van der Waals surface area contributed by atoms with Crippen molar-refractivity contribution in [1.29, 1.82) is 0 Å². The van der Waals surface area contributed by atoms with Crippen LogP contribution in [0.5, 0.6) is 11.5 Å². The first-order chi connectivity index (χ1) is 21.1. The number of carbonyl (C=O) groups is 1. The van der Waals surface area contributed by atoms with Crippen LogP contribution in [0.1, 0.15) is 34.6 Å². The van der Waals surface area contributed by atoms with Crippen LogP contribution in [0.2, 0.25) is 0 Å². The fraction of sp³-hybridized carbons (Fsp3) is 0.132. The Morgan fingerprint density at radius 3 is 2.23 bits per heavy atom. The third-order valence-corrected chi connectivity index (χ3v) is 7.67. The fourth-order valence-electron chi connectivity index (χ4n) is 5.55. The van der Waals surface area contributed by atoms with Crippen LogP contribution >= 0.6 is 0 Å². The molecule has 43 heavy (non-hydrogen) atoms. The first-order valence-electron chi connectivity index (χ1n) is 14.6. The summed E-state index contributed by atoms with van der Waals surface area (Å²) in [4.78, 5) is 13.4. The van der Waals surface area contributed by atoms with Crippen molar-refractivity contribution in [2.45, 2.75) is 25.3 Å². The molecule has 6 aromatic rings. The summed E-state index contributed by atoms with van der Waals surface area (Å²) in [5, 5.41) is 4.23. The first kappa shape index (κ1) is 28.0. The van der Waals surface area contributed by atoms with Gasteiger partial charge in [0.25, 0.3) is 0 Å². The molecule has 0 aliphatic carbocycles. The summed E-state index contributed by atoms with van der Waals surface area (Å²) in [5.41, 5.74) is 5.31. The monoisotopic (exact) mass is 568 g/mol. The standard InChI is InChI=1S/C38H33FN2O2/c39-31-20-18-29(19-21-31)26-41-27-36(34-16-7-8-17-37(34)41)35(25-38(42)40-23-22-28-10-3-1-4-11-28)30-12-9-15-33(24-30)43-32-13-5-2-6-14-32/h1-21,24,27,35H,22-23,25-26H2,(H,40,42). The number of hydrogen-bond acceptors (Lipinski definition) is 2. The van der Waals surface area contributed by atoms with Gasteiger partial charge in [0, 0.05) is 42.5 Å². The average Bonchev–Trinajstić information content (AvgIpc) is 3.40. The van der Waals surface area contributed by atoms with Gasteiger partial charge in [-0.25, -0.2) is 4.39 Å². The van der Waals surface area contributed by atoms with Crippen LogP contribution in [0.15, 0.2) is 140 Å². The van der Waals surface area contributed by atoms with E-state index in [1.807, 2.05) is 91.0 Å². The Labute approximate surface area is 251 Å². The Kier molecular flexibility index (Phi) is 8.60. The molecule has 5 aromatic carbocycles. The lowest BCUT2D eigenvalue weighted by atomic mass is 9.88. The van der Waals surface area contributed by atoms with E-state index >= 15 is 0 Å². The summed E-state index contributed by atoms with van der Waals surface area (Å²) < 4.78 is 21.9. The smallest absolute Gasteiger partial charge is 0.220 e. The number of nitrogens with zero attached hydrogens (tertiary/aromatic N) is 1. The SMILES string of the molecule is O=C(CC(c1cccc(Oc2ccccc2)c1)c1cn(Cc2ccc(F)cc2)c2ccccc12)NCCc1ccccc1. The highest BCUT2D eigenvalue weighted by molar-refractivity contribution is 5.87. The van der Waals surface area contributed by atoms with Gasteiger partial charge in [-0.15, -0.1) is 0 Å². The molecule has 0 aliphatic heterocycles. The summed E-state index contributed by atoms with van der Waals surface area (Å²) in [5.74, 6) is 0.998. The van der Waals surface area contributed by atoms with E-state index in [0.29, 0.717) is 18.8 Å². The second-order valence-electron chi connectivity index (χ2n) is 10.7. The number of nitrogens with one attached hydrogen (secondary N) is 1. The zero-order valence-electron chi connectivity index (χ0n) is 23.8. The van der Waals surface area contributed by atoms with Gasteiger partial charge in [-0.3, -0.25) is 4.79 Å². The maximum atomic E-state index is 13.6. The van der Waals surface area contributed by atoms with Gasteiger partial charge in [0.05, 0.1) is 0 Å². The van der Waals surface area contributed by atoms with Crippen LogP contribution in [0, 0.1) is 5.82 Å². The number of ether oxygens (including phenoxy) is 1. The van der Waals surface area contributed by atoms with Crippen LogP contribution in [-0.2, 0) is 17.8 Å². The van der Waals surface area contributed by atoms with Crippen molar-refractivity contribution in [2.24, 2.45) is 0 Å². The Bertz CT molecular complexity index is 1800. The molecule has 0 fully saturated rings. The molecule has 6 rings (SSSR count). The zero-order chi connectivity index (χ0) is 29.4. The molecular formula is C38H33FN2O2. The molecule has 1 heterocycles. The Balaban J connectivity index is 1.33. The number of amides is 1. The fourth-order valence-corrected chi connectivity index (χ4v) is 5.55. The van der Waals surface area contributed by atoms with Gasteiger partial charge in [0.1, 0.15) is 17.3 Å². The summed E-state index contributed by atoms with van der Waals surface area (Å²) in [6, 6.07) is 42.7.